The summed E-state index contributed by atoms with van der Waals surface area (Å²) in [6.45, 7) is 0.485. The zero-order chi connectivity index (χ0) is 18.1. The van der Waals surface area contributed by atoms with Crippen LogP contribution in [0.3, 0.4) is 0 Å². The molecule has 0 radical (unpaired) electrons. The molecule has 9 heteroatoms. The van der Waals surface area contributed by atoms with Gasteiger partial charge >= 0.3 is 0 Å². The zero-order valence-electron chi connectivity index (χ0n) is 13.5. The van der Waals surface area contributed by atoms with Crippen molar-refractivity contribution < 1.29 is 8.42 Å². The monoisotopic (exact) mass is 375 g/mol. The molecule has 0 aliphatic heterocycles. The number of hydrogen-bond acceptors (Lipinski definition) is 5. The molecule has 2 rings (SSSR count). The molecule has 25 heavy (non-hydrogen) atoms. The van der Waals surface area contributed by atoms with Crippen LogP contribution in [0.15, 0.2) is 69.6 Å². The Morgan fingerprint density at radius 2 is 1.84 bits per heavy atom. The van der Waals surface area contributed by atoms with E-state index in [9.17, 15) is 8.42 Å². The highest BCUT2D eigenvalue weighted by Crippen LogP contribution is 2.17. The lowest BCUT2D eigenvalue weighted by atomic mass is 10.2. The zero-order valence-corrected chi connectivity index (χ0v) is 15.2. The standard InChI is InChI=1S/C16H17N5O2S2/c1-24-16(18-12-11-13-5-3-2-4-6-13)20-25(22,23)15-9-7-14(8-10-15)19-21-17/h2-10H,11-12H2,1H3,(H,18,20). The number of amidine groups is 1. The lowest BCUT2D eigenvalue weighted by molar-refractivity contribution is 0.593. The van der Waals surface area contributed by atoms with Crippen molar-refractivity contribution in [2.45, 2.75) is 11.3 Å². The Bertz CT molecular complexity index is 875. The van der Waals surface area contributed by atoms with Gasteiger partial charge in [-0.15, -0.1) is 0 Å². The van der Waals surface area contributed by atoms with Gasteiger partial charge in [0.1, 0.15) is 0 Å². The van der Waals surface area contributed by atoms with Gasteiger partial charge in [-0.1, -0.05) is 59.3 Å². The summed E-state index contributed by atoms with van der Waals surface area (Å²) in [5.41, 5.74) is 9.87. The van der Waals surface area contributed by atoms with Crippen molar-refractivity contribution in [1.29, 1.82) is 0 Å². The normalized spacial score (nSPS) is 11.6. The molecule has 130 valence electrons. The largest absolute Gasteiger partial charge is 0.263 e. The minimum Gasteiger partial charge on any atom is -0.262 e. The van der Waals surface area contributed by atoms with Crippen LogP contribution >= 0.6 is 11.8 Å². The Kier molecular flexibility index (Phi) is 6.88. The van der Waals surface area contributed by atoms with Crippen molar-refractivity contribution in [1.82, 2.24) is 4.72 Å². The average molecular weight is 375 g/mol. The molecule has 2 aromatic rings. The average Bonchev–Trinajstić information content (AvgIpc) is 2.62. The molecular weight excluding hydrogens is 358 g/mol. The van der Waals surface area contributed by atoms with E-state index in [-0.39, 0.29) is 4.90 Å². The summed E-state index contributed by atoms with van der Waals surface area (Å²) >= 11 is 1.23. The molecule has 0 saturated carbocycles. The molecule has 0 heterocycles. The highest BCUT2D eigenvalue weighted by molar-refractivity contribution is 8.14. The van der Waals surface area contributed by atoms with Crippen molar-refractivity contribution in [2.75, 3.05) is 12.8 Å². The number of aliphatic imine (C=N–C) groups is 1. The molecule has 0 aliphatic carbocycles. The molecule has 0 amide bonds. The van der Waals surface area contributed by atoms with Gasteiger partial charge in [0.05, 0.1) is 4.90 Å². The van der Waals surface area contributed by atoms with E-state index < -0.39 is 10.0 Å². The summed E-state index contributed by atoms with van der Waals surface area (Å²) in [5.74, 6) is 0. The van der Waals surface area contributed by atoms with Crippen molar-refractivity contribution in [3.8, 4) is 0 Å². The van der Waals surface area contributed by atoms with E-state index in [0.717, 1.165) is 12.0 Å². The van der Waals surface area contributed by atoms with Crippen molar-refractivity contribution in [2.24, 2.45) is 10.1 Å². The van der Waals surface area contributed by atoms with Gasteiger partial charge in [-0.25, -0.2) is 8.42 Å². The Morgan fingerprint density at radius 3 is 2.44 bits per heavy atom. The van der Waals surface area contributed by atoms with E-state index in [1.807, 2.05) is 30.3 Å². The fourth-order valence-electron chi connectivity index (χ4n) is 1.99. The molecule has 2 aromatic carbocycles. The predicted octanol–water partition coefficient (Wildman–Crippen LogP) is 3.87. The SMILES string of the molecule is CSC(=NCCc1ccccc1)NS(=O)(=O)c1ccc(N=[N+]=[N-])cc1. The second kappa shape index (κ2) is 9.12. The molecule has 1 N–H and O–H groups in total. The quantitative estimate of drug-likeness (QED) is 0.272. The lowest BCUT2D eigenvalue weighted by Gasteiger charge is -2.09. The molecule has 0 spiro atoms. The summed E-state index contributed by atoms with van der Waals surface area (Å²) in [4.78, 5) is 7.05. The van der Waals surface area contributed by atoms with Crippen LogP contribution in [0.4, 0.5) is 5.69 Å². The van der Waals surface area contributed by atoms with Crippen molar-refractivity contribution >= 4 is 32.6 Å². The number of sulfonamides is 1. The summed E-state index contributed by atoms with van der Waals surface area (Å²) in [6.07, 6.45) is 2.49. The minimum absolute atomic E-state index is 0.0780. The van der Waals surface area contributed by atoms with E-state index >= 15 is 0 Å². The first kappa shape index (κ1) is 18.9. The van der Waals surface area contributed by atoms with E-state index in [1.165, 1.54) is 36.0 Å². The molecule has 0 aliphatic rings. The second-order valence-electron chi connectivity index (χ2n) is 4.92. The number of azide groups is 1. The molecular formula is C16H17N5O2S2. The number of nitrogens with zero attached hydrogens (tertiary/aromatic N) is 4. The highest BCUT2D eigenvalue weighted by atomic mass is 32.2. The van der Waals surface area contributed by atoms with Crippen LogP contribution in [0.1, 0.15) is 5.56 Å². The van der Waals surface area contributed by atoms with Crippen LogP contribution < -0.4 is 4.72 Å². The van der Waals surface area contributed by atoms with E-state index in [2.05, 4.69) is 19.7 Å². The van der Waals surface area contributed by atoms with Crippen LogP contribution in [0.25, 0.3) is 10.4 Å². The first-order valence-electron chi connectivity index (χ1n) is 7.35. The van der Waals surface area contributed by atoms with Crippen LogP contribution in [0.2, 0.25) is 0 Å². The van der Waals surface area contributed by atoms with Crippen molar-refractivity contribution in [3.05, 3.63) is 70.6 Å². The Hall–Kier alpha value is -2.48. The molecule has 0 bridgehead atoms. The smallest absolute Gasteiger partial charge is 0.262 e. The first-order valence-corrected chi connectivity index (χ1v) is 10.1. The van der Waals surface area contributed by atoms with Gasteiger partial charge in [-0.2, -0.15) is 0 Å². The summed E-state index contributed by atoms with van der Waals surface area (Å²) in [7, 11) is -3.73. The van der Waals surface area contributed by atoms with Crippen LogP contribution in [-0.2, 0) is 16.4 Å². The van der Waals surface area contributed by atoms with Crippen molar-refractivity contribution in [3.63, 3.8) is 0 Å². The molecule has 0 unspecified atom stereocenters. The van der Waals surface area contributed by atoms with Gasteiger partial charge in [0, 0.05) is 17.1 Å². The molecule has 0 aromatic heterocycles. The number of hydrogen-bond donors (Lipinski definition) is 1. The molecule has 0 saturated heterocycles. The Labute approximate surface area is 150 Å². The fourth-order valence-corrected chi connectivity index (χ4v) is 3.78. The third-order valence-corrected chi connectivity index (χ3v) is 5.32. The van der Waals surface area contributed by atoms with Crippen LogP contribution in [0.5, 0.6) is 0 Å². The predicted molar refractivity (Wildman–Crippen MR) is 102 cm³/mol. The molecule has 0 fully saturated rings. The van der Waals surface area contributed by atoms with Gasteiger partial charge in [0.25, 0.3) is 10.0 Å². The van der Waals surface area contributed by atoms with Gasteiger partial charge in [0.2, 0.25) is 0 Å². The number of thioether (sulfide) groups is 1. The lowest BCUT2D eigenvalue weighted by Crippen LogP contribution is -2.28. The van der Waals surface area contributed by atoms with Gasteiger partial charge < -0.3 is 0 Å². The number of nitrogens with one attached hydrogen (secondary N) is 1. The van der Waals surface area contributed by atoms with Crippen LogP contribution in [0, 0.1) is 0 Å². The topological polar surface area (TPSA) is 107 Å². The number of benzene rings is 2. The van der Waals surface area contributed by atoms with Gasteiger partial charge in [0.15, 0.2) is 5.17 Å². The highest BCUT2D eigenvalue weighted by Gasteiger charge is 2.15. The van der Waals surface area contributed by atoms with E-state index in [1.54, 1.807) is 6.26 Å². The Morgan fingerprint density at radius 1 is 1.16 bits per heavy atom. The summed E-state index contributed by atoms with van der Waals surface area (Å²) < 4.78 is 27.3. The van der Waals surface area contributed by atoms with Gasteiger partial charge in [-0.3, -0.25) is 9.71 Å². The fraction of sp³-hybridized carbons (Fsp3) is 0.188. The maximum atomic E-state index is 12.4. The maximum Gasteiger partial charge on any atom is 0.263 e. The maximum absolute atomic E-state index is 12.4. The van der Waals surface area contributed by atoms with E-state index in [0.29, 0.717) is 17.4 Å². The molecule has 7 nitrogen and oxygen atoms in total. The third-order valence-electron chi connectivity index (χ3n) is 3.22. The van der Waals surface area contributed by atoms with Crippen LogP contribution in [-0.4, -0.2) is 26.4 Å². The Balaban J connectivity index is 2.05. The minimum atomic E-state index is -3.73. The first-order chi connectivity index (χ1) is 12.0. The second-order valence-corrected chi connectivity index (χ2v) is 7.39. The van der Waals surface area contributed by atoms with Gasteiger partial charge in [-0.05, 0) is 35.9 Å². The third kappa shape index (κ3) is 5.82. The molecule has 0 atom stereocenters. The number of rotatable bonds is 6. The summed E-state index contributed by atoms with van der Waals surface area (Å²) in [5, 5.41) is 3.74. The van der Waals surface area contributed by atoms with E-state index in [4.69, 9.17) is 5.53 Å². The summed E-state index contributed by atoms with van der Waals surface area (Å²) in [6, 6.07) is 15.5.